The molecule has 0 aliphatic carbocycles. The largest absolute Gasteiger partial charge is 0.399 e. The van der Waals surface area contributed by atoms with Crippen molar-refractivity contribution < 1.29 is 0 Å². The lowest BCUT2D eigenvalue weighted by atomic mass is 10.00. The lowest BCUT2D eigenvalue weighted by molar-refractivity contribution is 1.46. The molecular formula is C34H28N2. The Kier molecular flexibility index (Phi) is 6.59. The number of rotatable bonds is 6. The van der Waals surface area contributed by atoms with Gasteiger partial charge in [-0.05, 0) is 69.8 Å². The number of hydrogen-bond donors (Lipinski definition) is 1. The van der Waals surface area contributed by atoms with Crippen molar-refractivity contribution in [2.75, 3.05) is 5.73 Å². The second-order valence-electron chi connectivity index (χ2n) is 8.88. The maximum Gasteiger partial charge on any atom is 0.0711 e. The Morgan fingerprint density at radius 3 is 1.92 bits per heavy atom. The quantitative estimate of drug-likeness (QED) is 0.152. The van der Waals surface area contributed by atoms with E-state index in [-0.39, 0.29) is 0 Å². The van der Waals surface area contributed by atoms with Crippen LogP contribution in [0.1, 0.15) is 23.6 Å². The average Bonchev–Trinajstić information content (AvgIpc) is 2.93. The number of allylic oxidation sites excluding steroid dienone is 2. The molecule has 0 radical (unpaired) electrons. The number of nitrogens with two attached hydrogens (primary N) is 1. The van der Waals surface area contributed by atoms with E-state index in [2.05, 4.69) is 91.5 Å². The molecule has 36 heavy (non-hydrogen) atoms. The van der Waals surface area contributed by atoms with Crippen molar-refractivity contribution in [2.24, 2.45) is 4.99 Å². The average molecular weight is 465 g/mol. The molecule has 0 saturated heterocycles. The Morgan fingerprint density at radius 1 is 0.639 bits per heavy atom. The topological polar surface area (TPSA) is 38.4 Å². The Balaban J connectivity index is 1.48. The molecule has 0 aliphatic heterocycles. The fourth-order valence-corrected chi connectivity index (χ4v) is 4.25. The van der Waals surface area contributed by atoms with Crippen LogP contribution >= 0.6 is 0 Å². The van der Waals surface area contributed by atoms with Crippen LogP contribution in [-0.4, -0.2) is 5.71 Å². The molecule has 2 nitrogen and oxygen atoms in total. The van der Waals surface area contributed by atoms with E-state index in [4.69, 9.17) is 10.7 Å². The van der Waals surface area contributed by atoms with Crippen LogP contribution in [0.5, 0.6) is 0 Å². The Labute approximate surface area is 212 Å². The SMILES string of the molecule is C=C(/C=C(\N=C(/C)c1ccc(-c2ccc(N)cc2)cc1)c1ccccc1)c1ccc2ccccc2c1. The minimum atomic E-state index is 0.767. The van der Waals surface area contributed by atoms with Crippen LogP contribution in [0.25, 0.3) is 33.2 Å². The zero-order valence-corrected chi connectivity index (χ0v) is 20.4. The summed E-state index contributed by atoms with van der Waals surface area (Å²) in [6.45, 7) is 6.42. The van der Waals surface area contributed by atoms with Crippen LogP contribution in [0.2, 0.25) is 0 Å². The predicted octanol–water partition coefficient (Wildman–Crippen LogP) is 8.65. The third-order valence-electron chi connectivity index (χ3n) is 6.34. The van der Waals surface area contributed by atoms with Crippen molar-refractivity contribution in [3.8, 4) is 11.1 Å². The minimum Gasteiger partial charge on any atom is -0.399 e. The van der Waals surface area contributed by atoms with E-state index < -0.39 is 0 Å². The van der Waals surface area contributed by atoms with Gasteiger partial charge in [0.05, 0.1) is 5.70 Å². The normalized spacial score (nSPS) is 12.0. The number of benzene rings is 5. The van der Waals surface area contributed by atoms with E-state index in [0.29, 0.717) is 0 Å². The van der Waals surface area contributed by atoms with Crippen LogP contribution in [0.15, 0.2) is 139 Å². The first-order valence-electron chi connectivity index (χ1n) is 12.0. The summed E-state index contributed by atoms with van der Waals surface area (Å²) in [6.07, 6.45) is 2.08. The summed E-state index contributed by atoms with van der Waals surface area (Å²) in [5, 5.41) is 2.42. The van der Waals surface area contributed by atoms with E-state index in [9.17, 15) is 0 Å². The zero-order chi connectivity index (χ0) is 24.9. The molecule has 0 fully saturated rings. The van der Waals surface area contributed by atoms with Crippen molar-refractivity contribution in [1.29, 1.82) is 0 Å². The van der Waals surface area contributed by atoms with Gasteiger partial charge in [0.1, 0.15) is 0 Å². The van der Waals surface area contributed by atoms with Crippen LogP contribution in [-0.2, 0) is 0 Å². The number of anilines is 1. The maximum absolute atomic E-state index is 5.83. The minimum absolute atomic E-state index is 0.767. The van der Waals surface area contributed by atoms with Gasteiger partial charge in [-0.15, -0.1) is 0 Å². The summed E-state index contributed by atoms with van der Waals surface area (Å²) in [4.78, 5) is 5.06. The molecule has 5 aromatic carbocycles. The number of aliphatic imine (C=N–C) groups is 1. The molecule has 2 N–H and O–H groups in total. The summed E-state index contributed by atoms with van der Waals surface area (Å²) in [5.74, 6) is 0. The highest BCUT2D eigenvalue weighted by Crippen LogP contribution is 2.27. The van der Waals surface area contributed by atoms with Gasteiger partial charge >= 0.3 is 0 Å². The van der Waals surface area contributed by atoms with Crippen LogP contribution < -0.4 is 5.73 Å². The molecule has 5 rings (SSSR count). The fourth-order valence-electron chi connectivity index (χ4n) is 4.25. The molecule has 0 unspecified atom stereocenters. The van der Waals surface area contributed by atoms with E-state index in [1.54, 1.807) is 0 Å². The van der Waals surface area contributed by atoms with E-state index in [1.807, 2.05) is 49.4 Å². The Morgan fingerprint density at radius 2 is 1.22 bits per heavy atom. The summed E-state index contributed by atoms with van der Waals surface area (Å²) < 4.78 is 0. The second kappa shape index (κ2) is 10.3. The standard InChI is InChI=1S/C34H28N2/c1-24(31-17-16-27-8-6-7-11-32(27)23-31)22-34(30-9-4-3-5-10-30)36-25(2)26-12-14-28(15-13-26)29-18-20-33(35)21-19-29/h3-23H,1,35H2,2H3/b34-22-,36-25+. The first-order chi connectivity index (χ1) is 17.6. The summed E-state index contributed by atoms with van der Waals surface area (Å²) >= 11 is 0. The lowest BCUT2D eigenvalue weighted by Gasteiger charge is -2.09. The number of nitrogen functional groups attached to an aromatic ring is 1. The van der Waals surface area contributed by atoms with Crippen LogP contribution in [0, 0.1) is 0 Å². The molecule has 0 aliphatic rings. The molecule has 0 bridgehead atoms. The van der Waals surface area contributed by atoms with Gasteiger partial charge in [0, 0.05) is 17.0 Å². The van der Waals surface area contributed by atoms with Crippen LogP contribution in [0.4, 0.5) is 5.69 Å². The van der Waals surface area contributed by atoms with Crippen molar-refractivity contribution in [3.63, 3.8) is 0 Å². The van der Waals surface area contributed by atoms with Crippen molar-refractivity contribution in [2.45, 2.75) is 6.92 Å². The van der Waals surface area contributed by atoms with Gasteiger partial charge in [-0.3, -0.25) is 4.99 Å². The molecule has 0 saturated carbocycles. The van der Waals surface area contributed by atoms with Crippen molar-refractivity contribution >= 4 is 33.4 Å². The van der Waals surface area contributed by atoms with Gasteiger partial charge in [-0.25, -0.2) is 0 Å². The molecule has 5 aromatic rings. The molecule has 0 heterocycles. The van der Waals surface area contributed by atoms with E-state index in [0.717, 1.165) is 50.5 Å². The molecule has 174 valence electrons. The summed E-state index contributed by atoms with van der Waals surface area (Å²) in [6, 6.07) is 41.5. The molecule has 0 amide bonds. The van der Waals surface area contributed by atoms with Gasteiger partial charge in [0.25, 0.3) is 0 Å². The Hall–Kier alpha value is -4.69. The summed E-state index contributed by atoms with van der Waals surface area (Å²) in [7, 11) is 0. The maximum atomic E-state index is 5.83. The molecule has 2 heteroatoms. The third-order valence-corrected chi connectivity index (χ3v) is 6.34. The third kappa shape index (κ3) is 5.18. The van der Waals surface area contributed by atoms with Gasteiger partial charge in [-0.2, -0.15) is 0 Å². The monoisotopic (exact) mass is 464 g/mol. The smallest absolute Gasteiger partial charge is 0.0711 e. The van der Waals surface area contributed by atoms with Crippen molar-refractivity contribution in [3.05, 3.63) is 151 Å². The number of fused-ring (bicyclic) bond motifs is 1. The number of nitrogens with zero attached hydrogens (tertiary/aromatic N) is 1. The second-order valence-corrected chi connectivity index (χ2v) is 8.88. The highest BCUT2D eigenvalue weighted by molar-refractivity contribution is 6.03. The Bertz CT molecular complexity index is 1570. The van der Waals surface area contributed by atoms with Gasteiger partial charge in [0.15, 0.2) is 0 Å². The zero-order valence-electron chi connectivity index (χ0n) is 20.4. The van der Waals surface area contributed by atoms with Gasteiger partial charge < -0.3 is 5.73 Å². The highest BCUT2D eigenvalue weighted by Gasteiger charge is 2.07. The fraction of sp³-hybridized carbons (Fsp3) is 0.0294. The van der Waals surface area contributed by atoms with Crippen molar-refractivity contribution in [1.82, 2.24) is 0 Å². The number of hydrogen-bond acceptors (Lipinski definition) is 2. The molecule has 0 aromatic heterocycles. The van der Waals surface area contributed by atoms with E-state index in [1.165, 1.54) is 10.8 Å². The van der Waals surface area contributed by atoms with Gasteiger partial charge in [-0.1, -0.05) is 110 Å². The van der Waals surface area contributed by atoms with Crippen LogP contribution in [0.3, 0.4) is 0 Å². The molecule has 0 atom stereocenters. The van der Waals surface area contributed by atoms with Gasteiger partial charge in [0.2, 0.25) is 0 Å². The summed E-state index contributed by atoms with van der Waals surface area (Å²) in [5.41, 5.74) is 14.9. The predicted molar refractivity (Wildman–Crippen MR) is 156 cm³/mol. The first-order valence-corrected chi connectivity index (χ1v) is 12.0. The molecule has 0 spiro atoms. The lowest BCUT2D eigenvalue weighted by Crippen LogP contribution is -1.96. The first kappa shape index (κ1) is 23.1. The highest BCUT2D eigenvalue weighted by atomic mass is 14.8. The van der Waals surface area contributed by atoms with E-state index >= 15 is 0 Å². The molecular weight excluding hydrogens is 436 g/mol.